The van der Waals surface area contributed by atoms with Gasteiger partial charge in [-0.15, -0.1) is 11.3 Å². The predicted octanol–water partition coefficient (Wildman–Crippen LogP) is 1.22. The van der Waals surface area contributed by atoms with E-state index in [4.69, 9.17) is 0 Å². The molecule has 0 aliphatic heterocycles. The monoisotopic (exact) mass is 302 g/mol. The van der Waals surface area contributed by atoms with Crippen LogP contribution >= 0.6 is 11.3 Å². The van der Waals surface area contributed by atoms with Crippen LogP contribution in [0.1, 0.15) is 16.0 Å². The topological polar surface area (TPSA) is 83.5 Å². The van der Waals surface area contributed by atoms with Crippen molar-refractivity contribution in [1.29, 1.82) is 0 Å². The second-order valence-corrected chi connectivity index (χ2v) is 5.16. The third-order valence-corrected chi connectivity index (χ3v) is 3.59. The SMILES string of the molecule is Cc1ccsc1/C=N/NC(=O)C(=O)NCc1cccnc1. The first kappa shape index (κ1) is 14.9. The number of rotatable bonds is 4. The van der Waals surface area contributed by atoms with Gasteiger partial charge in [0, 0.05) is 23.8 Å². The van der Waals surface area contributed by atoms with Gasteiger partial charge < -0.3 is 5.32 Å². The van der Waals surface area contributed by atoms with Gasteiger partial charge in [0.05, 0.1) is 6.21 Å². The Balaban J connectivity index is 1.79. The van der Waals surface area contributed by atoms with Crippen molar-refractivity contribution in [3.63, 3.8) is 0 Å². The maximum absolute atomic E-state index is 11.6. The van der Waals surface area contributed by atoms with Crippen LogP contribution in [-0.2, 0) is 16.1 Å². The Morgan fingerprint density at radius 2 is 2.24 bits per heavy atom. The molecule has 21 heavy (non-hydrogen) atoms. The zero-order chi connectivity index (χ0) is 15.1. The van der Waals surface area contributed by atoms with E-state index >= 15 is 0 Å². The normalized spacial score (nSPS) is 10.5. The molecule has 0 radical (unpaired) electrons. The van der Waals surface area contributed by atoms with Gasteiger partial charge in [-0.25, -0.2) is 5.43 Å². The average molecular weight is 302 g/mol. The zero-order valence-corrected chi connectivity index (χ0v) is 12.2. The number of hydrazone groups is 1. The number of pyridine rings is 1. The minimum atomic E-state index is -0.802. The van der Waals surface area contributed by atoms with Gasteiger partial charge in [0.15, 0.2) is 0 Å². The lowest BCUT2D eigenvalue weighted by Crippen LogP contribution is -2.37. The van der Waals surface area contributed by atoms with Crippen LogP contribution in [-0.4, -0.2) is 23.0 Å². The lowest BCUT2D eigenvalue weighted by molar-refractivity contribution is -0.139. The Morgan fingerprint density at radius 1 is 1.38 bits per heavy atom. The summed E-state index contributed by atoms with van der Waals surface area (Å²) < 4.78 is 0. The molecular formula is C14H14N4O2S. The highest BCUT2D eigenvalue weighted by Gasteiger charge is 2.11. The molecule has 2 aromatic rings. The third kappa shape index (κ3) is 4.50. The van der Waals surface area contributed by atoms with Gasteiger partial charge in [0.1, 0.15) is 0 Å². The zero-order valence-electron chi connectivity index (χ0n) is 11.4. The number of hydrogen-bond donors (Lipinski definition) is 2. The lowest BCUT2D eigenvalue weighted by atomic mass is 10.3. The molecule has 6 nitrogen and oxygen atoms in total. The summed E-state index contributed by atoms with van der Waals surface area (Å²) in [6, 6.07) is 5.52. The molecule has 0 atom stereocenters. The quantitative estimate of drug-likeness (QED) is 0.506. The fraction of sp³-hybridized carbons (Fsp3) is 0.143. The van der Waals surface area contributed by atoms with Gasteiger partial charge in [-0.2, -0.15) is 5.10 Å². The molecule has 7 heteroatoms. The number of thiophene rings is 1. The highest BCUT2D eigenvalue weighted by molar-refractivity contribution is 7.11. The number of carbonyl (C=O) groups excluding carboxylic acids is 2. The van der Waals surface area contributed by atoms with Gasteiger partial charge in [0.2, 0.25) is 0 Å². The lowest BCUT2D eigenvalue weighted by Gasteiger charge is -2.03. The number of hydrogen-bond acceptors (Lipinski definition) is 5. The van der Waals surface area contributed by atoms with Crippen LogP contribution in [0.4, 0.5) is 0 Å². The minimum Gasteiger partial charge on any atom is -0.344 e. The molecule has 0 aromatic carbocycles. The molecule has 0 unspecified atom stereocenters. The van der Waals surface area contributed by atoms with Gasteiger partial charge in [0.25, 0.3) is 0 Å². The Morgan fingerprint density at radius 3 is 2.90 bits per heavy atom. The van der Waals surface area contributed by atoms with E-state index in [9.17, 15) is 9.59 Å². The van der Waals surface area contributed by atoms with Crippen molar-refractivity contribution in [2.75, 3.05) is 0 Å². The molecular weight excluding hydrogens is 288 g/mol. The highest BCUT2D eigenvalue weighted by atomic mass is 32.1. The van der Waals surface area contributed by atoms with Crippen molar-refractivity contribution in [3.05, 3.63) is 52.0 Å². The van der Waals surface area contributed by atoms with Gasteiger partial charge in [-0.1, -0.05) is 6.07 Å². The van der Waals surface area contributed by atoms with E-state index in [1.54, 1.807) is 18.5 Å². The molecule has 2 heterocycles. The molecule has 0 saturated heterocycles. The molecule has 2 aromatic heterocycles. The van der Waals surface area contributed by atoms with E-state index in [-0.39, 0.29) is 6.54 Å². The third-order valence-electron chi connectivity index (χ3n) is 2.63. The van der Waals surface area contributed by atoms with E-state index < -0.39 is 11.8 Å². The maximum atomic E-state index is 11.6. The van der Waals surface area contributed by atoms with Crippen molar-refractivity contribution in [2.45, 2.75) is 13.5 Å². The van der Waals surface area contributed by atoms with Crippen LogP contribution < -0.4 is 10.7 Å². The molecule has 2 rings (SSSR count). The number of aromatic nitrogens is 1. The first-order valence-corrected chi connectivity index (χ1v) is 7.09. The van der Waals surface area contributed by atoms with Crippen LogP contribution in [0.2, 0.25) is 0 Å². The van der Waals surface area contributed by atoms with Crippen molar-refractivity contribution < 1.29 is 9.59 Å². The van der Waals surface area contributed by atoms with Gasteiger partial charge in [-0.3, -0.25) is 14.6 Å². The van der Waals surface area contributed by atoms with E-state index in [0.717, 1.165) is 16.0 Å². The molecule has 0 fully saturated rings. The number of carbonyl (C=O) groups is 2. The molecule has 2 N–H and O–H groups in total. The van der Waals surface area contributed by atoms with Crippen LogP contribution in [0.5, 0.6) is 0 Å². The fourth-order valence-electron chi connectivity index (χ4n) is 1.48. The highest BCUT2D eigenvalue weighted by Crippen LogP contribution is 2.12. The van der Waals surface area contributed by atoms with E-state index in [0.29, 0.717) is 0 Å². The van der Waals surface area contributed by atoms with Crippen LogP contribution in [0.15, 0.2) is 41.1 Å². The van der Waals surface area contributed by atoms with Crippen molar-refractivity contribution in [2.24, 2.45) is 5.10 Å². The van der Waals surface area contributed by atoms with Gasteiger partial charge >= 0.3 is 11.8 Å². The van der Waals surface area contributed by atoms with Crippen LogP contribution in [0, 0.1) is 6.92 Å². The summed E-state index contributed by atoms with van der Waals surface area (Å²) in [5, 5.41) is 8.18. The summed E-state index contributed by atoms with van der Waals surface area (Å²) in [5.74, 6) is -1.54. The summed E-state index contributed by atoms with van der Waals surface area (Å²) in [6.07, 6.45) is 4.78. The minimum absolute atomic E-state index is 0.244. The first-order chi connectivity index (χ1) is 10.2. The van der Waals surface area contributed by atoms with Crippen molar-refractivity contribution >= 4 is 29.4 Å². The molecule has 0 saturated carbocycles. The maximum Gasteiger partial charge on any atom is 0.329 e. The van der Waals surface area contributed by atoms with E-state index in [2.05, 4.69) is 20.8 Å². The Labute approximate surface area is 125 Å². The summed E-state index contributed by atoms with van der Waals surface area (Å²) in [6.45, 7) is 2.19. The summed E-state index contributed by atoms with van der Waals surface area (Å²) in [4.78, 5) is 27.9. The molecule has 2 amide bonds. The van der Waals surface area contributed by atoms with Crippen LogP contribution in [0.25, 0.3) is 0 Å². The number of nitrogens with one attached hydrogen (secondary N) is 2. The number of amides is 2. The predicted molar refractivity (Wildman–Crippen MR) is 80.9 cm³/mol. The molecule has 108 valence electrons. The Hall–Kier alpha value is -2.54. The van der Waals surface area contributed by atoms with Crippen molar-refractivity contribution in [3.8, 4) is 0 Å². The molecule has 0 aliphatic rings. The Kier molecular flexibility index (Phi) is 5.16. The first-order valence-electron chi connectivity index (χ1n) is 6.21. The summed E-state index contributed by atoms with van der Waals surface area (Å²) >= 11 is 1.51. The van der Waals surface area contributed by atoms with E-state index in [1.807, 2.05) is 24.4 Å². The van der Waals surface area contributed by atoms with Crippen LogP contribution in [0.3, 0.4) is 0 Å². The largest absolute Gasteiger partial charge is 0.344 e. The molecule has 0 aliphatic carbocycles. The Bertz CT molecular complexity index is 652. The van der Waals surface area contributed by atoms with Gasteiger partial charge in [-0.05, 0) is 35.6 Å². The summed E-state index contributed by atoms with van der Waals surface area (Å²) in [5.41, 5.74) is 4.08. The van der Waals surface area contributed by atoms with Crippen molar-refractivity contribution in [1.82, 2.24) is 15.7 Å². The smallest absolute Gasteiger partial charge is 0.329 e. The fourth-order valence-corrected chi connectivity index (χ4v) is 2.27. The average Bonchev–Trinajstić information content (AvgIpc) is 2.91. The second kappa shape index (κ2) is 7.30. The summed E-state index contributed by atoms with van der Waals surface area (Å²) in [7, 11) is 0. The second-order valence-electron chi connectivity index (χ2n) is 4.21. The number of aryl methyl sites for hydroxylation is 1. The molecule has 0 spiro atoms. The number of nitrogens with zero attached hydrogens (tertiary/aromatic N) is 2. The van der Waals surface area contributed by atoms with E-state index in [1.165, 1.54) is 17.6 Å². The molecule has 0 bridgehead atoms. The standard InChI is InChI=1S/C14H14N4O2S/c1-10-4-6-21-12(10)9-17-18-14(20)13(19)16-8-11-3-2-5-15-7-11/h2-7,9H,8H2,1H3,(H,16,19)(H,18,20)/b17-9+.